The Hall–Kier alpha value is -1.95. The molecule has 0 aliphatic heterocycles. The van der Waals surface area contributed by atoms with E-state index < -0.39 is 5.97 Å². The molecule has 0 fully saturated rings. The van der Waals surface area contributed by atoms with Crippen LogP contribution in [0.1, 0.15) is 33.2 Å². The molecule has 1 unspecified atom stereocenters. The first-order valence-electron chi connectivity index (χ1n) is 5.83. The van der Waals surface area contributed by atoms with Gasteiger partial charge in [-0.1, -0.05) is 0 Å². The molecule has 0 spiro atoms. The van der Waals surface area contributed by atoms with Crippen LogP contribution in [0.4, 0.5) is 5.82 Å². The van der Waals surface area contributed by atoms with Gasteiger partial charge >= 0.3 is 5.97 Å². The van der Waals surface area contributed by atoms with Crippen molar-refractivity contribution in [2.75, 3.05) is 12.4 Å². The molecular weight excluding hydrogens is 262 g/mol. The second-order valence-electron chi connectivity index (χ2n) is 4.10. The summed E-state index contributed by atoms with van der Waals surface area (Å²) in [5.74, 6) is 0.0669. The summed E-state index contributed by atoms with van der Waals surface area (Å²) < 4.78 is 4.62. The van der Waals surface area contributed by atoms with Crippen LogP contribution in [0.3, 0.4) is 0 Å². The number of ether oxygens (including phenoxy) is 1. The van der Waals surface area contributed by atoms with Gasteiger partial charge < -0.3 is 10.1 Å². The molecular formula is C13H15N3O2S. The van der Waals surface area contributed by atoms with Crippen molar-refractivity contribution >= 4 is 23.1 Å². The van der Waals surface area contributed by atoms with Crippen LogP contribution in [0.5, 0.6) is 0 Å². The van der Waals surface area contributed by atoms with Gasteiger partial charge in [-0.25, -0.2) is 9.78 Å². The Morgan fingerprint density at radius 1 is 1.42 bits per heavy atom. The Morgan fingerprint density at radius 2 is 2.21 bits per heavy atom. The minimum absolute atomic E-state index is 0.112. The first kappa shape index (κ1) is 13.5. The van der Waals surface area contributed by atoms with E-state index in [1.54, 1.807) is 17.5 Å². The molecule has 0 aliphatic rings. The maximum atomic E-state index is 11.4. The maximum absolute atomic E-state index is 11.4. The number of thiophene rings is 1. The summed E-state index contributed by atoms with van der Waals surface area (Å²) in [5, 5.41) is 3.22. The minimum Gasteiger partial charge on any atom is -0.464 e. The highest BCUT2D eigenvalue weighted by molar-refractivity contribution is 7.12. The van der Waals surface area contributed by atoms with E-state index in [-0.39, 0.29) is 11.7 Å². The van der Waals surface area contributed by atoms with Crippen molar-refractivity contribution < 1.29 is 9.53 Å². The number of anilines is 1. The van der Waals surface area contributed by atoms with Crippen LogP contribution < -0.4 is 5.32 Å². The normalized spacial score (nSPS) is 11.9. The average molecular weight is 277 g/mol. The number of methoxy groups -OCH3 is 1. The van der Waals surface area contributed by atoms with Gasteiger partial charge in [-0.2, -0.15) is 0 Å². The Kier molecular flexibility index (Phi) is 4.11. The van der Waals surface area contributed by atoms with Crippen LogP contribution in [-0.4, -0.2) is 23.0 Å². The molecule has 0 radical (unpaired) electrons. The highest BCUT2D eigenvalue weighted by Crippen LogP contribution is 2.24. The number of carbonyl (C=O) groups is 1. The molecule has 1 atom stereocenters. The van der Waals surface area contributed by atoms with E-state index in [0.717, 1.165) is 0 Å². The summed E-state index contributed by atoms with van der Waals surface area (Å²) in [6.45, 7) is 4.11. The van der Waals surface area contributed by atoms with Crippen molar-refractivity contribution in [1.82, 2.24) is 9.97 Å². The lowest BCUT2D eigenvalue weighted by atomic mass is 10.3. The number of nitrogens with zero attached hydrogens (tertiary/aromatic N) is 2. The van der Waals surface area contributed by atoms with E-state index in [2.05, 4.69) is 39.1 Å². The van der Waals surface area contributed by atoms with Gasteiger partial charge in [0.15, 0.2) is 5.69 Å². The van der Waals surface area contributed by atoms with Crippen LogP contribution >= 0.6 is 11.3 Å². The fourth-order valence-corrected chi connectivity index (χ4v) is 2.50. The lowest BCUT2D eigenvalue weighted by Crippen LogP contribution is -2.10. The molecule has 0 aliphatic carbocycles. The quantitative estimate of drug-likeness (QED) is 0.871. The molecule has 19 heavy (non-hydrogen) atoms. The van der Waals surface area contributed by atoms with Gasteiger partial charge in [0, 0.05) is 9.75 Å². The van der Waals surface area contributed by atoms with Gasteiger partial charge in [-0.3, -0.25) is 4.98 Å². The van der Waals surface area contributed by atoms with Crippen LogP contribution in [0.2, 0.25) is 0 Å². The average Bonchev–Trinajstić information content (AvgIpc) is 2.85. The molecule has 2 aromatic heterocycles. The molecule has 2 heterocycles. The van der Waals surface area contributed by atoms with Crippen molar-refractivity contribution in [2.24, 2.45) is 0 Å². The maximum Gasteiger partial charge on any atom is 0.358 e. The molecule has 2 rings (SSSR count). The summed E-state index contributed by atoms with van der Waals surface area (Å²) in [4.78, 5) is 22.0. The Balaban J connectivity index is 2.12. The van der Waals surface area contributed by atoms with Crippen molar-refractivity contribution in [2.45, 2.75) is 19.9 Å². The van der Waals surface area contributed by atoms with Crippen LogP contribution in [0.15, 0.2) is 24.5 Å². The molecule has 6 heteroatoms. The van der Waals surface area contributed by atoms with Gasteiger partial charge in [0.25, 0.3) is 0 Å². The number of nitrogens with one attached hydrogen (secondary N) is 1. The number of esters is 1. The molecule has 100 valence electrons. The van der Waals surface area contributed by atoms with E-state index in [9.17, 15) is 4.79 Å². The number of aryl methyl sites for hydroxylation is 1. The van der Waals surface area contributed by atoms with Crippen molar-refractivity contribution in [3.8, 4) is 0 Å². The fraction of sp³-hybridized carbons (Fsp3) is 0.308. The SMILES string of the molecule is COC(=O)c1cncc(NC(C)c2ccc(C)s2)n1. The Morgan fingerprint density at radius 3 is 2.84 bits per heavy atom. The summed E-state index contributed by atoms with van der Waals surface area (Å²) in [7, 11) is 1.32. The van der Waals surface area contributed by atoms with Crippen molar-refractivity contribution in [3.63, 3.8) is 0 Å². The van der Waals surface area contributed by atoms with Crippen LogP contribution in [0.25, 0.3) is 0 Å². The second-order valence-corrected chi connectivity index (χ2v) is 5.42. The molecule has 5 nitrogen and oxygen atoms in total. The predicted molar refractivity (Wildman–Crippen MR) is 74.5 cm³/mol. The largest absolute Gasteiger partial charge is 0.464 e. The van der Waals surface area contributed by atoms with Gasteiger partial charge in [-0.05, 0) is 26.0 Å². The summed E-state index contributed by atoms with van der Waals surface area (Å²) in [6.07, 6.45) is 2.97. The fourth-order valence-electron chi connectivity index (χ4n) is 1.62. The van der Waals surface area contributed by atoms with E-state index in [0.29, 0.717) is 5.82 Å². The zero-order chi connectivity index (χ0) is 13.8. The van der Waals surface area contributed by atoms with Crippen LogP contribution in [-0.2, 0) is 4.74 Å². The molecule has 1 N–H and O–H groups in total. The van der Waals surface area contributed by atoms with Crippen molar-refractivity contribution in [1.29, 1.82) is 0 Å². The zero-order valence-corrected chi connectivity index (χ0v) is 11.8. The van der Waals surface area contributed by atoms with Crippen molar-refractivity contribution in [3.05, 3.63) is 40.0 Å². The third-order valence-electron chi connectivity index (χ3n) is 2.58. The molecule has 0 saturated heterocycles. The highest BCUT2D eigenvalue weighted by atomic mass is 32.1. The lowest BCUT2D eigenvalue weighted by Gasteiger charge is -2.12. The third-order valence-corrected chi connectivity index (χ3v) is 3.76. The smallest absolute Gasteiger partial charge is 0.358 e. The number of aromatic nitrogens is 2. The molecule has 0 bridgehead atoms. The lowest BCUT2D eigenvalue weighted by molar-refractivity contribution is 0.0593. The molecule has 0 aromatic carbocycles. The summed E-state index contributed by atoms with van der Waals surface area (Å²) in [5.41, 5.74) is 0.196. The highest BCUT2D eigenvalue weighted by Gasteiger charge is 2.11. The summed E-state index contributed by atoms with van der Waals surface area (Å²) >= 11 is 1.73. The first-order chi connectivity index (χ1) is 9.10. The molecule has 2 aromatic rings. The summed E-state index contributed by atoms with van der Waals surface area (Å²) in [6, 6.07) is 4.27. The monoisotopic (exact) mass is 277 g/mol. The standard InChI is InChI=1S/C13H15N3O2S/c1-8-4-5-11(19-8)9(2)15-12-7-14-6-10(16-12)13(17)18-3/h4-7,9H,1-3H3,(H,15,16). The molecule has 0 amide bonds. The second kappa shape index (κ2) is 5.79. The van der Waals surface area contributed by atoms with E-state index in [4.69, 9.17) is 0 Å². The van der Waals surface area contributed by atoms with Crippen LogP contribution in [0, 0.1) is 6.92 Å². The third kappa shape index (κ3) is 3.29. The van der Waals surface area contributed by atoms with E-state index in [1.165, 1.54) is 23.1 Å². The number of rotatable bonds is 4. The van der Waals surface area contributed by atoms with Gasteiger partial charge in [-0.15, -0.1) is 11.3 Å². The van der Waals surface area contributed by atoms with E-state index >= 15 is 0 Å². The zero-order valence-electron chi connectivity index (χ0n) is 11.0. The van der Waals surface area contributed by atoms with Gasteiger partial charge in [0.2, 0.25) is 0 Å². The van der Waals surface area contributed by atoms with E-state index in [1.807, 2.05) is 6.92 Å². The minimum atomic E-state index is -0.490. The Labute approximate surface area is 115 Å². The molecule has 0 saturated carbocycles. The number of hydrogen-bond donors (Lipinski definition) is 1. The predicted octanol–water partition coefficient (Wildman–Crippen LogP) is 2.81. The first-order valence-corrected chi connectivity index (χ1v) is 6.65. The number of carbonyl (C=O) groups excluding carboxylic acids is 1. The number of hydrogen-bond acceptors (Lipinski definition) is 6. The van der Waals surface area contributed by atoms with Gasteiger partial charge in [0.05, 0.1) is 25.5 Å². The Bertz CT molecular complexity index is 583. The van der Waals surface area contributed by atoms with Gasteiger partial charge in [0.1, 0.15) is 5.82 Å². The topological polar surface area (TPSA) is 64.1 Å².